The second kappa shape index (κ2) is 11.5. The van der Waals surface area contributed by atoms with Gasteiger partial charge in [0.15, 0.2) is 0 Å². The van der Waals surface area contributed by atoms with Gasteiger partial charge in [0.1, 0.15) is 11.5 Å². The minimum atomic E-state index is -4.69. The molecule has 4 nitrogen and oxygen atoms in total. The van der Waals surface area contributed by atoms with E-state index in [0.717, 1.165) is 43.1 Å². The number of piperazine rings is 1. The van der Waals surface area contributed by atoms with Crippen LogP contribution in [-0.2, 0) is 0 Å². The van der Waals surface area contributed by atoms with E-state index >= 15 is 0 Å². The van der Waals surface area contributed by atoms with E-state index in [1.165, 1.54) is 12.1 Å². The van der Waals surface area contributed by atoms with Gasteiger partial charge in [0.05, 0.1) is 12.6 Å². The summed E-state index contributed by atoms with van der Waals surface area (Å²) in [6.07, 6.45) is -4.69. The molecule has 162 valence electrons. The third-order valence-electron chi connectivity index (χ3n) is 4.46. The second-order valence-electron chi connectivity index (χ2n) is 6.28. The number of nitrogens with one attached hydrogen (secondary N) is 1. The van der Waals surface area contributed by atoms with Crippen molar-refractivity contribution < 1.29 is 22.6 Å². The molecule has 1 N–H and O–H groups in total. The summed E-state index contributed by atoms with van der Waals surface area (Å²) in [7, 11) is 0. The molecule has 29 heavy (non-hydrogen) atoms. The van der Waals surface area contributed by atoms with E-state index < -0.39 is 6.36 Å². The Hall–Kier alpha value is -1.67. The van der Waals surface area contributed by atoms with Gasteiger partial charge in [0, 0.05) is 31.7 Å². The molecule has 2 aromatic rings. The third kappa shape index (κ3) is 6.96. The molecule has 1 heterocycles. The highest BCUT2D eigenvalue weighted by Crippen LogP contribution is 2.36. The SMILES string of the molecule is CCOc1ccccc1[C@@H](c1ccc(OC(F)(F)F)cc1)N1CCNCC1.Cl.Cl. The molecule has 0 aliphatic carbocycles. The zero-order valence-electron chi connectivity index (χ0n) is 15.9. The van der Waals surface area contributed by atoms with Crippen molar-refractivity contribution in [2.24, 2.45) is 0 Å². The Kier molecular flexibility index (Phi) is 10.1. The summed E-state index contributed by atoms with van der Waals surface area (Å²) in [5.41, 5.74) is 1.91. The molecule has 0 saturated carbocycles. The number of benzene rings is 2. The van der Waals surface area contributed by atoms with Crippen molar-refractivity contribution in [3.05, 3.63) is 59.7 Å². The van der Waals surface area contributed by atoms with Crippen LogP contribution in [0.2, 0.25) is 0 Å². The van der Waals surface area contributed by atoms with Crippen LogP contribution < -0.4 is 14.8 Å². The van der Waals surface area contributed by atoms with Crippen LogP contribution in [0, 0.1) is 0 Å². The molecule has 1 atom stereocenters. The predicted molar refractivity (Wildman–Crippen MR) is 112 cm³/mol. The molecule has 9 heteroatoms. The molecule has 1 aliphatic rings. The maximum absolute atomic E-state index is 12.4. The van der Waals surface area contributed by atoms with Crippen LogP contribution in [0.25, 0.3) is 0 Å². The summed E-state index contributed by atoms with van der Waals surface area (Å²) in [5.74, 6) is 0.572. The van der Waals surface area contributed by atoms with E-state index in [4.69, 9.17) is 4.74 Å². The Labute approximate surface area is 181 Å². The molecule has 0 amide bonds. The van der Waals surface area contributed by atoms with Crippen LogP contribution in [0.4, 0.5) is 13.2 Å². The Balaban J connectivity index is 0.00000210. The molecule has 1 saturated heterocycles. The van der Waals surface area contributed by atoms with Gasteiger partial charge >= 0.3 is 6.36 Å². The molecular weight excluding hydrogens is 428 g/mol. The average Bonchev–Trinajstić information content (AvgIpc) is 2.65. The van der Waals surface area contributed by atoms with Gasteiger partial charge < -0.3 is 14.8 Å². The molecule has 0 radical (unpaired) electrons. The van der Waals surface area contributed by atoms with Gasteiger partial charge in [0.2, 0.25) is 0 Å². The largest absolute Gasteiger partial charge is 0.573 e. The number of hydrogen-bond donors (Lipinski definition) is 1. The van der Waals surface area contributed by atoms with Crippen molar-refractivity contribution in [2.45, 2.75) is 19.3 Å². The molecule has 0 bridgehead atoms. The quantitative estimate of drug-likeness (QED) is 0.680. The summed E-state index contributed by atoms with van der Waals surface area (Å²) in [6, 6.07) is 13.8. The lowest BCUT2D eigenvalue weighted by molar-refractivity contribution is -0.274. The molecular formula is C20H25Cl2F3N2O2. The Morgan fingerprint density at radius 2 is 1.62 bits per heavy atom. The van der Waals surface area contributed by atoms with E-state index in [9.17, 15) is 13.2 Å². The first-order valence-corrected chi connectivity index (χ1v) is 9.00. The average molecular weight is 453 g/mol. The number of nitrogens with zero attached hydrogens (tertiary/aromatic N) is 1. The number of ether oxygens (including phenoxy) is 2. The number of alkyl halides is 3. The lowest BCUT2D eigenvalue weighted by atomic mass is 9.95. The van der Waals surface area contributed by atoms with Crippen LogP contribution in [-0.4, -0.2) is 44.0 Å². The summed E-state index contributed by atoms with van der Waals surface area (Å²) in [6.45, 7) is 5.88. The van der Waals surface area contributed by atoms with Crippen LogP contribution >= 0.6 is 24.8 Å². The Morgan fingerprint density at radius 3 is 2.21 bits per heavy atom. The second-order valence-corrected chi connectivity index (χ2v) is 6.28. The van der Waals surface area contributed by atoms with E-state index in [0.29, 0.717) is 6.61 Å². The zero-order valence-corrected chi connectivity index (χ0v) is 17.6. The maximum Gasteiger partial charge on any atom is 0.573 e. The van der Waals surface area contributed by atoms with Crippen LogP contribution in [0.15, 0.2) is 48.5 Å². The summed E-state index contributed by atoms with van der Waals surface area (Å²) in [4.78, 5) is 2.31. The fourth-order valence-electron chi connectivity index (χ4n) is 3.37. The fraction of sp³-hybridized carbons (Fsp3) is 0.400. The normalized spacial score (nSPS) is 15.6. The van der Waals surface area contributed by atoms with Crippen LogP contribution in [0.1, 0.15) is 24.1 Å². The topological polar surface area (TPSA) is 33.7 Å². The molecule has 0 spiro atoms. The van der Waals surface area contributed by atoms with Gasteiger partial charge in [-0.05, 0) is 30.7 Å². The summed E-state index contributed by atoms with van der Waals surface area (Å²) < 4.78 is 47.1. The smallest absolute Gasteiger partial charge is 0.494 e. The van der Waals surface area contributed by atoms with E-state index in [1.54, 1.807) is 12.1 Å². The first-order chi connectivity index (χ1) is 13.0. The highest BCUT2D eigenvalue weighted by molar-refractivity contribution is 5.85. The monoisotopic (exact) mass is 452 g/mol. The van der Waals surface area contributed by atoms with Gasteiger partial charge in [-0.25, -0.2) is 0 Å². The van der Waals surface area contributed by atoms with Crippen molar-refractivity contribution in [1.82, 2.24) is 10.2 Å². The van der Waals surface area contributed by atoms with Crippen molar-refractivity contribution >= 4 is 24.8 Å². The molecule has 1 aliphatic heterocycles. The fourth-order valence-corrected chi connectivity index (χ4v) is 3.37. The van der Waals surface area contributed by atoms with Crippen molar-refractivity contribution in [1.29, 1.82) is 0 Å². The van der Waals surface area contributed by atoms with Crippen molar-refractivity contribution in [3.8, 4) is 11.5 Å². The predicted octanol–water partition coefficient (Wildman–Crippen LogP) is 4.82. The number of rotatable bonds is 6. The molecule has 0 aromatic heterocycles. The van der Waals surface area contributed by atoms with Gasteiger partial charge in [-0.3, -0.25) is 4.90 Å². The third-order valence-corrected chi connectivity index (χ3v) is 4.46. The van der Waals surface area contributed by atoms with Gasteiger partial charge in [0.25, 0.3) is 0 Å². The van der Waals surface area contributed by atoms with Crippen LogP contribution in [0.5, 0.6) is 11.5 Å². The number of hydrogen-bond acceptors (Lipinski definition) is 4. The van der Waals surface area contributed by atoms with Gasteiger partial charge in [-0.15, -0.1) is 38.0 Å². The first kappa shape index (κ1) is 25.4. The summed E-state index contributed by atoms with van der Waals surface area (Å²) >= 11 is 0. The minimum absolute atomic E-state index is 0. The molecule has 2 aromatic carbocycles. The highest BCUT2D eigenvalue weighted by Gasteiger charge is 2.31. The number of para-hydroxylation sites is 1. The van der Waals surface area contributed by atoms with Gasteiger partial charge in [-0.1, -0.05) is 30.3 Å². The number of halogens is 5. The van der Waals surface area contributed by atoms with Crippen molar-refractivity contribution in [2.75, 3.05) is 32.8 Å². The lowest BCUT2D eigenvalue weighted by Gasteiger charge is -2.36. The van der Waals surface area contributed by atoms with E-state index in [1.807, 2.05) is 31.2 Å². The maximum atomic E-state index is 12.4. The van der Waals surface area contributed by atoms with Crippen LogP contribution in [0.3, 0.4) is 0 Å². The lowest BCUT2D eigenvalue weighted by Crippen LogP contribution is -2.45. The Morgan fingerprint density at radius 1 is 1.00 bits per heavy atom. The zero-order chi connectivity index (χ0) is 19.3. The molecule has 1 fully saturated rings. The highest BCUT2D eigenvalue weighted by atomic mass is 35.5. The first-order valence-electron chi connectivity index (χ1n) is 9.00. The standard InChI is InChI=1S/C20H23F3N2O2.2ClH/c1-2-26-18-6-4-3-5-17(18)19(25-13-11-24-12-14-25)15-7-9-16(10-8-15)27-20(21,22)23;;/h3-10,19,24H,2,11-14H2,1H3;2*1H/t19-;;/m1../s1. The van der Waals surface area contributed by atoms with Gasteiger partial charge in [-0.2, -0.15) is 0 Å². The Bertz CT molecular complexity index is 739. The molecule has 3 rings (SSSR count). The van der Waals surface area contributed by atoms with E-state index in [-0.39, 0.29) is 36.6 Å². The minimum Gasteiger partial charge on any atom is -0.494 e. The van der Waals surface area contributed by atoms with Crippen molar-refractivity contribution in [3.63, 3.8) is 0 Å². The van der Waals surface area contributed by atoms with E-state index in [2.05, 4.69) is 15.0 Å². The molecule has 0 unspecified atom stereocenters. The summed E-state index contributed by atoms with van der Waals surface area (Å²) in [5, 5.41) is 3.33.